The smallest absolute Gasteiger partial charge is 0.0199 e. The van der Waals surface area contributed by atoms with E-state index in [0.29, 0.717) is 0 Å². The van der Waals surface area contributed by atoms with Crippen molar-refractivity contribution in [3.63, 3.8) is 0 Å². The Balaban J connectivity index is 2.23. The van der Waals surface area contributed by atoms with Gasteiger partial charge in [0.15, 0.2) is 0 Å². The summed E-state index contributed by atoms with van der Waals surface area (Å²) in [5, 5.41) is 0. The molecular formula is C8H11. The first-order chi connectivity index (χ1) is 3.86. The Hall–Kier alpha value is -0.260. The van der Waals surface area contributed by atoms with Gasteiger partial charge in [0.25, 0.3) is 0 Å². The topological polar surface area (TPSA) is 0 Å². The molecule has 0 aromatic carbocycles. The van der Waals surface area contributed by atoms with E-state index in [1.165, 1.54) is 12.8 Å². The number of hydrogen-bond donors (Lipinski definition) is 0. The Kier molecular flexibility index (Phi) is 0.787. The van der Waals surface area contributed by atoms with E-state index in [4.69, 9.17) is 0 Å². The molecule has 1 radical (unpaired) electrons. The van der Waals surface area contributed by atoms with E-state index in [2.05, 4.69) is 19.1 Å². The van der Waals surface area contributed by atoms with E-state index >= 15 is 0 Å². The fourth-order valence-corrected chi connectivity index (χ4v) is 1.89. The zero-order chi connectivity index (χ0) is 5.56. The molecule has 0 nitrogen and oxygen atoms in total. The monoisotopic (exact) mass is 107 g/mol. The van der Waals surface area contributed by atoms with Gasteiger partial charge in [-0.2, -0.15) is 0 Å². The predicted molar refractivity (Wildman–Crippen MR) is 34.2 cm³/mol. The van der Waals surface area contributed by atoms with Crippen molar-refractivity contribution in [2.45, 2.75) is 12.8 Å². The second-order valence-electron chi connectivity index (χ2n) is 3.04. The van der Waals surface area contributed by atoms with Crippen molar-refractivity contribution in [1.29, 1.82) is 0 Å². The van der Waals surface area contributed by atoms with Crippen molar-refractivity contribution in [2.24, 2.45) is 17.8 Å². The highest BCUT2D eigenvalue weighted by Gasteiger charge is 2.32. The fourth-order valence-electron chi connectivity index (χ4n) is 1.89. The molecule has 0 aromatic heterocycles. The van der Waals surface area contributed by atoms with Gasteiger partial charge in [0.2, 0.25) is 0 Å². The Morgan fingerprint density at radius 2 is 2.12 bits per heavy atom. The highest BCUT2D eigenvalue weighted by Crippen LogP contribution is 2.42. The van der Waals surface area contributed by atoms with E-state index < -0.39 is 0 Å². The van der Waals surface area contributed by atoms with Crippen molar-refractivity contribution in [3.05, 3.63) is 19.1 Å². The maximum atomic E-state index is 4.07. The third-order valence-electron chi connectivity index (χ3n) is 2.42. The van der Waals surface area contributed by atoms with E-state index in [-0.39, 0.29) is 0 Å². The molecule has 0 amide bonds. The Morgan fingerprint density at radius 1 is 1.25 bits per heavy atom. The lowest BCUT2D eigenvalue weighted by atomic mass is 9.96. The van der Waals surface area contributed by atoms with Crippen molar-refractivity contribution in [1.82, 2.24) is 0 Å². The van der Waals surface area contributed by atoms with E-state index in [0.717, 1.165) is 17.8 Å². The predicted octanol–water partition coefficient (Wildman–Crippen LogP) is 2.03. The molecule has 0 heterocycles. The van der Waals surface area contributed by atoms with Crippen molar-refractivity contribution >= 4 is 0 Å². The lowest BCUT2D eigenvalue weighted by Crippen LogP contribution is -2.00. The summed E-state index contributed by atoms with van der Waals surface area (Å²) >= 11 is 0. The summed E-state index contributed by atoms with van der Waals surface area (Å²) in [7, 11) is 0. The lowest BCUT2D eigenvalue weighted by Gasteiger charge is -2.09. The van der Waals surface area contributed by atoms with Crippen LogP contribution < -0.4 is 0 Å². The first kappa shape index (κ1) is 4.60. The molecule has 2 aliphatic carbocycles. The summed E-state index contributed by atoms with van der Waals surface area (Å²) in [6.07, 6.45) is 7.44. The summed E-state index contributed by atoms with van der Waals surface area (Å²) in [5.74, 6) is 2.49. The average molecular weight is 107 g/mol. The largest absolute Gasteiger partial charge is 0.0851 e. The summed E-state index contributed by atoms with van der Waals surface area (Å²) in [6.45, 7) is 4.07. The quantitative estimate of drug-likeness (QED) is 0.415. The van der Waals surface area contributed by atoms with Crippen LogP contribution in [0.5, 0.6) is 0 Å². The van der Waals surface area contributed by atoms with Gasteiger partial charge < -0.3 is 0 Å². The lowest BCUT2D eigenvalue weighted by molar-refractivity contribution is 0.546. The third-order valence-corrected chi connectivity index (χ3v) is 2.42. The Bertz CT molecular complexity index is 124. The van der Waals surface area contributed by atoms with Crippen LogP contribution in [0.4, 0.5) is 0 Å². The van der Waals surface area contributed by atoms with Crippen LogP contribution in [-0.4, -0.2) is 0 Å². The third kappa shape index (κ3) is 0.460. The van der Waals surface area contributed by atoms with Gasteiger partial charge in [-0.3, -0.25) is 0 Å². The Morgan fingerprint density at radius 3 is 2.38 bits per heavy atom. The molecule has 0 aromatic rings. The molecule has 8 heavy (non-hydrogen) atoms. The van der Waals surface area contributed by atoms with Crippen LogP contribution in [-0.2, 0) is 0 Å². The molecule has 2 aliphatic rings. The van der Waals surface area contributed by atoms with Crippen LogP contribution in [0.2, 0.25) is 0 Å². The zero-order valence-corrected chi connectivity index (χ0v) is 5.01. The van der Waals surface area contributed by atoms with E-state index in [1.54, 1.807) is 0 Å². The molecule has 1 saturated carbocycles. The van der Waals surface area contributed by atoms with Gasteiger partial charge in [0.05, 0.1) is 0 Å². The van der Waals surface area contributed by atoms with Crippen LogP contribution >= 0.6 is 0 Å². The first-order valence-corrected chi connectivity index (χ1v) is 3.37. The Labute approximate surface area is 50.6 Å². The molecule has 0 aliphatic heterocycles. The first-order valence-electron chi connectivity index (χ1n) is 3.37. The van der Waals surface area contributed by atoms with Gasteiger partial charge in [0.1, 0.15) is 0 Å². The van der Waals surface area contributed by atoms with Crippen LogP contribution in [0, 0.1) is 24.7 Å². The van der Waals surface area contributed by atoms with Crippen molar-refractivity contribution < 1.29 is 0 Å². The molecule has 0 spiro atoms. The van der Waals surface area contributed by atoms with Crippen LogP contribution in [0.1, 0.15) is 12.8 Å². The maximum absolute atomic E-state index is 4.07. The molecule has 2 bridgehead atoms. The standard InChI is InChI=1S/C8H11/c1-6-4-7-2-3-8(6)5-7/h2-3,6-8H,1,4-5H2/t6-,7+,8+/m0/s1. The number of hydrogen-bond acceptors (Lipinski definition) is 0. The number of allylic oxidation sites excluding steroid dienone is 2. The number of fused-ring (bicyclic) bond motifs is 2. The molecule has 0 N–H and O–H groups in total. The number of rotatable bonds is 0. The molecule has 3 atom stereocenters. The average Bonchev–Trinajstić information content (AvgIpc) is 2.23. The fraction of sp³-hybridized carbons (Fsp3) is 0.625. The maximum Gasteiger partial charge on any atom is -0.0199 e. The van der Waals surface area contributed by atoms with Gasteiger partial charge in [-0.25, -0.2) is 0 Å². The highest BCUT2D eigenvalue weighted by molar-refractivity contribution is 5.10. The second kappa shape index (κ2) is 1.37. The minimum Gasteiger partial charge on any atom is -0.0851 e. The SMILES string of the molecule is [CH2][C@H]1C[C@H]2C=C[C@@H]1C2. The van der Waals surface area contributed by atoms with E-state index in [9.17, 15) is 0 Å². The molecular weight excluding hydrogens is 96.1 g/mol. The summed E-state index contributed by atoms with van der Waals surface area (Å²) in [4.78, 5) is 0. The van der Waals surface area contributed by atoms with Crippen LogP contribution in [0.25, 0.3) is 0 Å². The van der Waals surface area contributed by atoms with Gasteiger partial charge in [-0.15, -0.1) is 0 Å². The highest BCUT2D eigenvalue weighted by atomic mass is 14.4. The molecule has 1 fully saturated rings. The van der Waals surface area contributed by atoms with Gasteiger partial charge in [-0.1, -0.05) is 12.2 Å². The molecule has 0 saturated heterocycles. The van der Waals surface area contributed by atoms with Gasteiger partial charge >= 0.3 is 0 Å². The zero-order valence-electron chi connectivity index (χ0n) is 5.01. The molecule has 0 heteroatoms. The van der Waals surface area contributed by atoms with Crippen molar-refractivity contribution in [2.75, 3.05) is 0 Å². The summed E-state index contributed by atoms with van der Waals surface area (Å²) < 4.78 is 0. The molecule has 43 valence electrons. The minimum atomic E-state index is 0.741. The van der Waals surface area contributed by atoms with Crippen LogP contribution in [0.15, 0.2) is 12.2 Å². The molecule has 2 rings (SSSR count). The van der Waals surface area contributed by atoms with Gasteiger partial charge in [0, 0.05) is 0 Å². The second-order valence-corrected chi connectivity index (χ2v) is 3.04. The van der Waals surface area contributed by atoms with Crippen LogP contribution in [0.3, 0.4) is 0 Å². The minimum absolute atomic E-state index is 0.741. The van der Waals surface area contributed by atoms with Crippen molar-refractivity contribution in [3.8, 4) is 0 Å². The van der Waals surface area contributed by atoms with Gasteiger partial charge in [-0.05, 0) is 37.5 Å². The normalized spacial score (nSPS) is 50.9. The van der Waals surface area contributed by atoms with E-state index in [1.807, 2.05) is 0 Å². The summed E-state index contributed by atoms with van der Waals surface area (Å²) in [6, 6.07) is 0. The molecule has 0 unspecified atom stereocenters. The summed E-state index contributed by atoms with van der Waals surface area (Å²) in [5.41, 5.74) is 0.